The van der Waals surface area contributed by atoms with Crippen LogP contribution >= 0.6 is 0 Å². The van der Waals surface area contributed by atoms with Crippen LogP contribution in [0.1, 0.15) is 51.1 Å². The zero-order valence-electron chi connectivity index (χ0n) is 18.7. The number of carbonyl (C=O) groups excluding carboxylic acids is 1. The van der Waals surface area contributed by atoms with E-state index in [9.17, 15) is 13.2 Å². The zero-order chi connectivity index (χ0) is 21.9. The Labute approximate surface area is 181 Å². The summed E-state index contributed by atoms with van der Waals surface area (Å²) in [7, 11) is -0.332. The largest absolute Gasteiger partial charge is 0.371 e. The van der Waals surface area contributed by atoms with Gasteiger partial charge in [0.05, 0.1) is 6.04 Å². The molecule has 1 aromatic carbocycles. The summed E-state index contributed by atoms with van der Waals surface area (Å²) in [6.45, 7) is 7.29. The summed E-state index contributed by atoms with van der Waals surface area (Å²) in [5.41, 5.74) is 2.34. The Morgan fingerprint density at radius 1 is 1.10 bits per heavy atom. The molecule has 0 aliphatic carbocycles. The first-order chi connectivity index (χ1) is 14.2. The van der Waals surface area contributed by atoms with Crippen molar-refractivity contribution in [2.75, 3.05) is 45.2 Å². The van der Waals surface area contributed by atoms with Crippen LogP contribution in [-0.2, 0) is 15.0 Å². The molecule has 2 heterocycles. The molecule has 2 saturated heterocycles. The fourth-order valence-corrected chi connectivity index (χ4v) is 5.53. The summed E-state index contributed by atoms with van der Waals surface area (Å²) in [5.74, 6) is 0.601. The van der Waals surface area contributed by atoms with Crippen LogP contribution in [0.5, 0.6) is 0 Å². The van der Waals surface area contributed by atoms with E-state index in [0.717, 1.165) is 24.6 Å². The molecule has 3 rings (SSSR count). The summed E-state index contributed by atoms with van der Waals surface area (Å²) in [5, 5.41) is 3.12. The molecule has 8 heteroatoms. The Hall–Kier alpha value is -1.64. The van der Waals surface area contributed by atoms with E-state index in [2.05, 4.69) is 41.4 Å². The predicted molar refractivity (Wildman–Crippen MR) is 121 cm³/mol. The van der Waals surface area contributed by atoms with Crippen LogP contribution in [0.4, 0.5) is 5.69 Å². The third kappa shape index (κ3) is 5.34. The molecule has 0 unspecified atom stereocenters. The van der Waals surface area contributed by atoms with Crippen molar-refractivity contribution in [3.8, 4) is 0 Å². The molecule has 0 aromatic heterocycles. The summed E-state index contributed by atoms with van der Waals surface area (Å²) >= 11 is 0. The molecule has 1 N–H and O–H groups in total. The highest BCUT2D eigenvalue weighted by Crippen LogP contribution is 2.26. The zero-order valence-corrected chi connectivity index (χ0v) is 19.5. The minimum atomic E-state index is -3.40. The quantitative estimate of drug-likeness (QED) is 0.744. The fraction of sp³-hybridized carbons (Fsp3) is 0.682. The van der Waals surface area contributed by atoms with Gasteiger partial charge in [0.25, 0.3) is 10.2 Å². The molecule has 2 atom stereocenters. The molecule has 1 amide bonds. The molecular weight excluding hydrogens is 400 g/mol. The smallest absolute Gasteiger partial charge is 0.281 e. The highest BCUT2D eigenvalue weighted by atomic mass is 32.2. The normalized spacial score (nSPS) is 22.8. The highest BCUT2D eigenvalue weighted by molar-refractivity contribution is 7.86. The lowest BCUT2D eigenvalue weighted by Gasteiger charge is -2.33. The number of nitrogens with one attached hydrogen (secondary N) is 1. The van der Waals surface area contributed by atoms with Gasteiger partial charge in [0.2, 0.25) is 5.91 Å². The average molecular weight is 437 g/mol. The number of piperidine rings is 2. The molecule has 2 aliphatic heterocycles. The second-order valence-corrected chi connectivity index (χ2v) is 11.1. The molecule has 0 spiro atoms. The molecule has 2 fully saturated rings. The van der Waals surface area contributed by atoms with Crippen molar-refractivity contribution >= 4 is 21.8 Å². The van der Waals surface area contributed by atoms with Crippen LogP contribution < -0.4 is 10.2 Å². The molecule has 1 aromatic rings. The molecule has 0 radical (unpaired) electrons. The average Bonchev–Trinajstić information content (AvgIpc) is 2.73. The van der Waals surface area contributed by atoms with E-state index < -0.39 is 10.2 Å². The SMILES string of the molecule is C[C@H]1CCCN(c2ccc([C@H](C)NC(=O)C3CCN(S(=O)(=O)N(C)C)CC3)cc2)C1. The van der Waals surface area contributed by atoms with E-state index in [4.69, 9.17) is 0 Å². The molecule has 168 valence electrons. The third-order valence-electron chi connectivity index (χ3n) is 6.39. The molecule has 7 nitrogen and oxygen atoms in total. The summed E-state index contributed by atoms with van der Waals surface area (Å²) in [6.07, 6.45) is 3.65. The third-order valence-corrected chi connectivity index (χ3v) is 8.33. The predicted octanol–water partition coefficient (Wildman–Crippen LogP) is 2.62. The molecule has 30 heavy (non-hydrogen) atoms. The second-order valence-electron chi connectivity index (χ2n) is 8.98. The minimum absolute atomic E-state index is 0.0123. The van der Waals surface area contributed by atoms with Gasteiger partial charge in [0.15, 0.2) is 0 Å². The van der Waals surface area contributed by atoms with Gasteiger partial charge >= 0.3 is 0 Å². The first-order valence-electron chi connectivity index (χ1n) is 11.0. The van der Waals surface area contributed by atoms with E-state index in [0.29, 0.717) is 25.9 Å². The van der Waals surface area contributed by atoms with Gasteiger partial charge in [0.1, 0.15) is 0 Å². The maximum atomic E-state index is 12.7. The number of anilines is 1. The van der Waals surface area contributed by atoms with Gasteiger partial charge in [-0.2, -0.15) is 17.0 Å². The van der Waals surface area contributed by atoms with Gasteiger partial charge in [0, 0.05) is 51.9 Å². The fourth-order valence-electron chi connectivity index (χ4n) is 4.39. The summed E-state index contributed by atoms with van der Waals surface area (Å²) in [4.78, 5) is 15.2. The van der Waals surface area contributed by atoms with E-state index in [1.54, 1.807) is 0 Å². The molecule has 2 aliphatic rings. The highest BCUT2D eigenvalue weighted by Gasteiger charge is 2.32. The molecule has 0 saturated carbocycles. The molecular formula is C22H36N4O3S. The van der Waals surface area contributed by atoms with Gasteiger partial charge in [-0.3, -0.25) is 4.79 Å². The Kier molecular flexibility index (Phi) is 7.42. The van der Waals surface area contributed by atoms with E-state index in [-0.39, 0.29) is 17.9 Å². The number of hydrogen-bond acceptors (Lipinski definition) is 4. The monoisotopic (exact) mass is 436 g/mol. The Balaban J connectivity index is 1.52. The lowest BCUT2D eigenvalue weighted by molar-refractivity contribution is -0.126. The number of benzene rings is 1. The summed E-state index contributed by atoms with van der Waals surface area (Å²) in [6, 6.07) is 8.44. The topological polar surface area (TPSA) is 73.0 Å². The van der Waals surface area contributed by atoms with Crippen molar-refractivity contribution in [3.63, 3.8) is 0 Å². The van der Waals surface area contributed by atoms with E-state index in [1.807, 2.05) is 6.92 Å². The number of carbonyl (C=O) groups is 1. The van der Waals surface area contributed by atoms with Crippen LogP contribution in [0, 0.1) is 11.8 Å². The van der Waals surface area contributed by atoms with Crippen molar-refractivity contribution in [1.82, 2.24) is 13.9 Å². The Morgan fingerprint density at radius 2 is 1.73 bits per heavy atom. The number of amides is 1. The van der Waals surface area contributed by atoms with Crippen LogP contribution in [0.3, 0.4) is 0 Å². The van der Waals surface area contributed by atoms with Crippen molar-refractivity contribution in [2.24, 2.45) is 11.8 Å². The van der Waals surface area contributed by atoms with E-state index >= 15 is 0 Å². The second kappa shape index (κ2) is 9.66. The lowest BCUT2D eigenvalue weighted by Crippen LogP contribution is -2.47. The van der Waals surface area contributed by atoms with Gasteiger partial charge in [-0.25, -0.2) is 0 Å². The van der Waals surface area contributed by atoms with Gasteiger partial charge in [-0.05, 0) is 56.2 Å². The molecule has 0 bridgehead atoms. The lowest BCUT2D eigenvalue weighted by atomic mass is 9.96. The van der Waals surface area contributed by atoms with Gasteiger partial charge < -0.3 is 10.2 Å². The van der Waals surface area contributed by atoms with Crippen molar-refractivity contribution < 1.29 is 13.2 Å². The Morgan fingerprint density at radius 3 is 2.30 bits per heavy atom. The standard InChI is InChI=1S/C22H36N4O3S/c1-17-6-5-13-25(16-17)21-9-7-19(8-10-21)18(2)23-22(27)20-11-14-26(15-12-20)30(28,29)24(3)4/h7-10,17-18,20H,5-6,11-16H2,1-4H3,(H,23,27)/t17-,18-/m0/s1. The van der Waals surface area contributed by atoms with Gasteiger partial charge in [-0.15, -0.1) is 0 Å². The number of nitrogens with zero attached hydrogens (tertiary/aromatic N) is 3. The van der Waals surface area contributed by atoms with Crippen molar-refractivity contribution in [1.29, 1.82) is 0 Å². The van der Waals surface area contributed by atoms with Crippen LogP contribution in [0.15, 0.2) is 24.3 Å². The van der Waals surface area contributed by atoms with E-state index in [1.165, 1.54) is 41.2 Å². The van der Waals surface area contributed by atoms with Crippen molar-refractivity contribution in [2.45, 2.75) is 45.6 Å². The summed E-state index contributed by atoms with van der Waals surface area (Å²) < 4.78 is 27.1. The maximum absolute atomic E-state index is 12.7. The van der Waals surface area contributed by atoms with Crippen LogP contribution in [0.2, 0.25) is 0 Å². The Bertz CT molecular complexity index is 817. The maximum Gasteiger partial charge on any atom is 0.281 e. The number of rotatable bonds is 6. The minimum Gasteiger partial charge on any atom is -0.371 e. The van der Waals surface area contributed by atoms with Gasteiger partial charge in [-0.1, -0.05) is 19.1 Å². The first-order valence-corrected chi connectivity index (χ1v) is 12.4. The first kappa shape index (κ1) is 23.0. The van der Waals surface area contributed by atoms with Crippen LogP contribution in [0.25, 0.3) is 0 Å². The number of hydrogen-bond donors (Lipinski definition) is 1. The van der Waals surface area contributed by atoms with Crippen molar-refractivity contribution in [3.05, 3.63) is 29.8 Å². The van der Waals surface area contributed by atoms with Crippen LogP contribution in [-0.4, -0.2) is 63.2 Å².